The number of rotatable bonds is 0. The molecular formula is C13H24. The van der Waals surface area contributed by atoms with Crippen LogP contribution in [0.15, 0.2) is 0 Å². The third kappa shape index (κ3) is 1.43. The maximum atomic E-state index is 2.52. The molecule has 2 aliphatic carbocycles. The van der Waals surface area contributed by atoms with E-state index in [9.17, 15) is 0 Å². The summed E-state index contributed by atoms with van der Waals surface area (Å²) in [5, 5.41) is 0. The zero-order chi connectivity index (χ0) is 9.91. The molecule has 3 unspecified atom stereocenters. The van der Waals surface area contributed by atoms with Crippen molar-refractivity contribution < 1.29 is 0 Å². The van der Waals surface area contributed by atoms with Crippen LogP contribution in [0.4, 0.5) is 0 Å². The Morgan fingerprint density at radius 1 is 0.923 bits per heavy atom. The standard InChI is InChI=1S/C13H24/c1-10-6-12(4)7-11(2,3)8-13(10,5)9-12/h10H,6-9H2,1-5H3. The highest BCUT2D eigenvalue weighted by Gasteiger charge is 2.55. The molecular weight excluding hydrogens is 156 g/mol. The van der Waals surface area contributed by atoms with Gasteiger partial charge in [0.1, 0.15) is 0 Å². The van der Waals surface area contributed by atoms with E-state index in [2.05, 4.69) is 34.6 Å². The molecule has 2 rings (SSSR count). The summed E-state index contributed by atoms with van der Waals surface area (Å²) in [7, 11) is 0. The second kappa shape index (κ2) is 2.32. The maximum absolute atomic E-state index is 2.52. The quantitative estimate of drug-likeness (QED) is 0.523. The molecule has 2 bridgehead atoms. The van der Waals surface area contributed by atoms with Crippen molar-refractivity contribution in [3.05, 3.63) is 0 Å². The molecule has 3 atom stereocenters. The molecule has 0 radical (unpaired) electrons. The summed E-state index contributed by atoms with van der Waals surface area (Å²) >= 11 is 0. The van der Waals surface area contributed by atoms with Crippen LogP contribution >= 0.6 is 0 Å². The zero-order valence-corrected chi connectivity index (χ0v) is 9.91. The van der Waals surface area contributed by atoms with Crippen LogP contribution in [0.2, 0.25) is 0 Å². The molecule has 2 saturated carbocycles. The van der Waals surface area contributed by atoms with Gasteiger partial charge < -0.3 is 0 Å². The lowest BCUT2D eigenvalue weighted by atomic mass is 9.59. The summed E-state index contributed by atoms with van der Waals surface area (Å²) in [5.74, 6) is 0.944. The topological polar surface area (TPSA) is 0 Å². The third-order valence-corrected chi connectivity index (χ3v) is 4.61. The van der Waals surface area contributed by atoms with Crippen molar-refractivity contribution in [2.75, 3.05) is 0 Å². The Hall–Kier alpha value is 0. The normalized spacial score (nSPS) is 53.8. The van der Waals surface area contributed by atoms with Gasteiger partial charge in [-0.15, -0.1) is 0 Å². The van der Waals surface area contributed by atoms with E-state index in [1.807, 2.05) is 0 Å². The molecule has 0 heteroatoms. The van der Waals surface area contributed by atoms with Gasteiger partial charge in [-0.05, 0) is 47.8 Å². The van der Waals surface area contributed by atoms with Gasteiger partial charge in [-0.2, -0.15) is 0 Å². The Morgan fingerprint density at radius 2 is 1.54 bits per heavy atom. The highest BCUT2D eigenvalue weighted by atomic mass is 14.6. The fourth-order valence-corrected chi connectivity index (χ4v) is 4.89. The monoisotopic (exact) mass is 180 g/mol. The second-order valence-corrected chi connectivity index (χ2v) is 7.26. The van der Waals surface area contributed by atoms with Crippen LogP contribution < -0.4 is 0 Å². The van der Waals surface area contributed by atoms with E-state index in [0.717, 1.165) is 5.92 Å². The van der Waals surface area contributed by atoms with Gasteiger partial charge in [0.25, 0.3) is 0 Å². The minimum atomic E-state index is 0.590. The average molecular weight is 180 g/mol. The molecule has 0 spiro atoms. The summed E-state index contributed by atoms with van der Waals surface area (Å²) < 4.78 is 0. The Balaban J connectivity index is 2.32. The van der Waals surface area contributed by atoms with Crippen molar-refractivity contribution in [2.24, 2.45) is 22.2 Å². The number of hydrogen-bond acceptors (Lipinski definition) is 0. The minimum absolute atomic E-state index is 0.590. The molecule has 0 aromatic carbocycles. The first-order valence-electron chi connectivity index (χ1n) is 5.75. The Morgan fingerprint density at radius 3 is 2.08 bits per heavy atom. The average Bonchev–Trinajstić information content (AvgIpc) is 1.93. The zero-order valence-electron chi connectivity index (χ0n) is 9.91. The maximum Gasteiger partial charge on any atom is -0.0290 e. The molecule has 0 saturated heterocycles. The predicted molar refractivity (Wildman–Crippen MR) is 57.6 cm³/mol. The third-order valence-electron chi connectivity index (χ3n) is 4.61. The molecule has 76 valence electrons. The molecule has 0 heterocycles. The summed E-state index contributed by atoms with van der Waals surface area (Å²) in [6, 6.07) is 0. The van der Waals surface area contributed by atoms with E-state index < -0.39 is 0 Å². The lowest BCUT2D eigenvalue weighted by Gasteiger charge is -2.46. The molecule has 0 aromatic heterocycles. The lowest BCUT2D eigenvalue weighted by Crippen LogP contribution is -2.35. The molecule has 13 heavy (non-hydrogen) atoms. The van der Waals surface area contributed by atoms with E-state index in [1.54, 1.807) is 0 Å². The molecule has 0 amide bonds. The minimum Gasteiger partial charge on any atom is -0.0620 e. The van der Waals surface area contributed by atoms with Crippen LogP contribution in [0.3, 0.4) is 0 Å². The van der Waals surface area contributed by atoms with E-state index in [-0.39, 0.29) is 0 Å². The van der Waals surface area contributed by atoms with E-state index in [0.29, 0.717) is 16.2 Å². The lowest BCUT2D eigenvalue weighted by molar-refractivity contribution is 0.0485. The first-order valence-corrected chi connectivity index (χ1v) is 5.75. The SMILES string of the molecule is CC1CC2(C)CC(C)(C)CC1(C)C2. The number of fused-ring (bicyclic) bond motifs is 2. The van der Waals surface area contributed by atoms with E-state index >= 15 is 0 Å². The highest BCUT2D eigenvalue weighted by molar-refractivity contribution is 5.05. The largest absolute Gasteiger partial charge is 0.0620 e. The van der Waals surface area contributed by atoms with Gasteiger partial charge in [-0.1, -0.05) is 34.6 Å². The molecule has 0 aliphatic heterocycles. The van der Waals surface area contributed by atoms with Gasteiger partial charge in [0, 0.05) is 0 Å². The number of hydrogen-bond donors (Lipinski definition) is 0. The summed E-state index contributed by atoms with van der Waals surface area (Å²) in [6.07, 6.45) is 5.83. The van der Waals surface area contributed by atoms with Crippen LogP contribution in [0.25, 0.3) is 0 Å². The van der Waals surface area contributed by atoms with E-state index in [1.165, 1.54) is 25.7 Å². The van der Waals surface area contributed by atoms with E-state index in [4.69, 9.17) is 0 Å². The van der Waals surface area contributed by atoms with Crippen molar-refractivity contribution in [3.63, 3.8) is 0 Å². The van der Waals surface area contributed by atoms with Crippen LogP contribution in [0, 0.1) is 22.2 Å². The molecule has 0 aromatic rings. The summed E-state index contributed by atoms with van der Waals surface area (Å²) in [4.78, 5) is 0. The molecule has 0 nitrogen and oxygen atoms in total. The fourth-order valence-electron chi connectivity index (χ4n) is 4.89. The summed E-state index contributed by atoms with van der Waals surface area (Å²) in [6.45, 7) is 12.4. The van der Waals surface area contributed by atoms with Crippen LogP contribution in [0.5, 0.6) is 0 Å². The van der Waals surface area contributed by atoms with Crippen molar-refractivity contribution >= 4 is 0 Å². The first-order chi connectivity index (χ1) is 5.75. The van der Waals surface area contributed by atoms with Crippen molar-refractivity contribution in [1.82, 2.24) is 0 Å². The Bertz CT molecular complexity index is 224. The smallest absolute Gasteiger partial charge is 0.0290 e. The van der Waals surface area contributed by atoms with Gasteiger partial charge >= 0.3 is 0 Å². The predicted octanol–water partition coefficient (Wildman–Crippen LogP) is 4.25. The van der Waals surface area contributed by atoms with Gasteiger partial charge in [0.15, 0.2) is 0 Å². The molecule has 2 fully saturated rings. The highest BCUT2D eigenvalue weighted by Crippen LogP contribution is 2.65. The summed E-state index contributed by atoms with van der Waals surface area (Å²) in [5.41, 5.74) is 1.90. The Labute approximate surface area is 83.1 Å². The Kier molecular flexibility index (Phi) is 1.71. The van der Waals surface area contributed by atoms with Gasteiger partial charge in [0.05, 0.1) is 0 Å². The van der Waals surface area contributed by atoms with Crippen LogP contribution in [-0.4, -0.2) is 0 Å². The van der Waals surface area contributed by atoms with Gasteiger partial charge in [0.2, 0.25) is 0 Å². The van der Waals surface area contributed by atoms with Gasteiger partial charge in [-0.3, -0.25) is 0 Å². The second-order valence-electron chi connectivity index (χ2n) is 7.26. The van der Waals surface area contributed by atoms with Crippen molar-refractivity contribution in [1.29, 1.82) is 0 Å². The van der Waals surface area contributed by atoms with Crippen molar-refractivity contribution in [3.8, 4) is 0 Å². The molecule has 2 aliphatic rings. The fraction of sp³-hybridized carbons (Fsp3) is 1.00. The first kappa shape index (κ1) is 9.55. The van der Waals surface area contributed by atoms with Gasteiger partial charge in [-0.25, -0.2) is 0 Å². The van der Waals surface area contributed by atoms with Crippen LogP contribution in [0.1, 0.15) is 60.3 Å². The van der Waals surface area contributed by atoms with Crippen molar-refractivity contribution in [2.45, 2.75) is 60.3 Å². The van der Waals surface area contributed by atoms with Crippen LogP contribution in [-0.2, 0) is 0 Å². The molecule has 0 N–H and O–H groups in total.